The van der Waals surface area contributed by atoms with Crippen molar-refractivity contribution in [3.8, 4) is 0 Å². The van der Waals surface area contributed by atoms with Crippen LogP contribution in [0.2, 0.25) is 0 Å². The molecule has 0 atom stereocenters. The minimum absolute atomic E-state index is 0.332. The van der Waals surface area contributed by atoms with E-state index in [1.54, 1.807) is 6.07 Å². The van der Waals surface area contributed by atoms with E-state index in [9.17, 15) is 9.18 Å². The monoisotopic (exact) mass is 164 g/mol. The Morgan fingerprint density at radius 1 is 1.42 bits per heavy atom. The maximum absolute atomic E-state index is 12.7. The molecule has 0 spiro atoms. The van der Waals surface area contributed by atoms with E-state index in [1.165, 1.54) is 12.1 Å². The third-order valence-corrected chi connectivity index (χ3v) is 2.19. The third-order valence-electron chi connectivity index (χ3n) is 2.19. The summed E-state index contributed by atoms with van der Waals surface area (Å²) in [6, 6.07) is 4.44. The molecule has 62 valence electrons. The summed E-state index contributed by atoms with van der Waals surface area (Å²) in [6.45, 7) is 0. The van der Waals surface area contributed by atoms with Crippen LogP contribution in [0.1, 0.15) is 34.7 Å². The third kappa shape index (κ3) is 1.24. The molecule has 0 aliphatic heterocycles. The van der Waals surface area contributed by atoms with Crippen molar-refractivity contribution in [2.24, 2.45) is 0 Å². The van der Waals surface area contributed by atoms with Gasteiger partial charge in [0.05, 0.1) is 0 Å². The summed E-state index contributed by atoms with van der Waals surface area (Å²) in [7, 11) is 0. The molecular weight excluding hydrogens is 155 g/mol. The van der Waals surface area contributed by atoms with Gasteiger partial charge in [-0.1, -0.05) is 6.07 Å². The molecule has 1 aliphatic carbocycles. The van der Waals surface area contributed by atoms with Crippen molar-refractivity contribution in [1.82, 2.24) is 0 Å². The largest absolute Gasteiger partial charge is 0.298 e. The second-order valence-electron chi connectivity index (χ2n) is 3.17. The zero-order valence-electron chi connectivity index (χ0n) is 6.59. The van der Waals surface area contributed by atoms with Gasteiger partial charge in [-0.3, -0.25) is 4.79 Å². The quantitative estimate of drug-likeness (QED) is 0.614. The molecule has 0 heterocycles. The van der Waals surface area contributed by atoms with Crippen molar-refractivity contribution in [3.63, 3.8) is 0 Å². The minimum Gasteiger partial charge on any atom is -0.298 e. The van der Waals surface area contributed by atoms with E-state index in [1.807, 2.05) is 0 Å². The molecule has 1 nitrogen and oxygen atoms in total. The predicted octanol–water partition coefficient (Wildman–Crippen LogP) is 2.52. The first-order valence-electron chi connectivity index (χ1n) is 4.06. The average molecular weight is 164 g/mol. The minimum atomic E-state index is -0.332. The van der Waals surface area contributed by atoms with Gasteiger partial charge in [0.25, 0.3) is 0 Å². The summed E-state index contributed by atoms with van der Waals surface area (Å²) in [5, 5.41) is 0. The van der Waals surface area contributed by atoms with Gasteiger partial charge in [-0.05, 0) is 36.5 Å². The zero-order valence-corrected chi connectivity index (χ0v) is 6.59. The van der Waals surface area contributed by atoms with Crippen LogP contribution >= 0.6 is 0 Å². The van der Waals surface area contributed by atoms with Crippen LogP contribution in [0.4, 0.5) is 4.39 Å². The lowest BCUT2D eigenvalue weighted by molar-refractivity contribution is 0.112. The van der Waals surface area contributed by atoms with Crippen LogP contribution in [0.25, 0.3) is 0 Å². The molecule has 1 aromatic carbocycles. The van der Waals surface area contributed by atoms with Crippen molar-refractivity contribution < 1.29 is 9.18 Å². The average Bonchev–Trinajstić information content (AvgIpc) is 2.87. The van der Waals surface area contributed by atoms with Gasteiger partial charge in [0.15, 0.2) is 0 Å². The van der Waals surface area contributed by atoms with Crippen molar-refractivity contribution in [1.29, 1.82) is 0 Å². The van der Waals surface area contributed by atoms with E-state index in [-0.39, 0.29) is 5.82 Å². The fraction of sp³-hybridized carbons (Fsp3) is 0.300. The van der Waals surface area contributed by atoms with Gasteiger partial charge < -0.3 is 0 Å². The van der Waals surface area contributed by atoms with E-state index in [2.05, 4.69) is 0 Å². The maximum Gasteiger partial charge on any atom is 0.150 e. The summed E-state index contributed by atoms with van der Waals surface area (Å²) < 4.78 is 12.7. The Labute approximate surface area is 70.2 Å². The summed E-state index contributed by atoms with van der Waals surface area (Å²) in [6.07, 6.45) is 3.00. The molecule has 0 bridgehead atoms. The number of halogens is 1. The van der Waals surface area contributed by atoms with Gasteiger partial charge in [-0.15, -0.1) is 0 Å². The number of aldehydes is 1. The first-order chi connectivity index (χ1) is 5.81. The Morgan fingerprint density at radius 3 is 2.75 bits per heavy atom. The summed E-state index contributed by atoms with van der Waals surface area (Å²) in [5.41, 5.74) is 1.52. The molecule has 1 aromatic rings. The zero-order chi connectivity index (χ0) is 8.55. The summed E-state index contributed by atoms with van der Waals surface area (Å²) in [5.74, 6) is 0.173. The highest BCUT2D eigenvalue weighted by molar-refractivity contribution is 5.77. The molecule has 0 radical (unpaired) electrons. The van der Waals surface area contributed by atoms with Gasteiger partial charge in [0, 0.05) is 5.56 Å². The molecule has 0 N–H and O–H groups in total. The number of carbonyl (C=O) groups excluding carboxylic acids is 1. The Balaban J connectivity index is 2.44. The molecule has 0 unspecified atom stereocenters. The van der Waals surface area contributed by atoms with Gasteiger partial charge in [0.1, 0.15) is 12.1 Å². The molecule has 2 rings (SSSR count). The molecule has 0 amide bonds. The summed E-state index contributed by atoms with van der Waals surface area (Å²) >= 11 is 0. The number of carbonyl (C=O) groups is 1. The lowest BCUT2D eigenvalue weighted by atomic mass is 10.0. The highest BCUT2D eigenvalue weighted by Gasteiger charge is 2.25. The van der Waals surface area contributed by atoms with Crippen LogP contribution in [-0.2, 0) is 0 Å². The molecule has 0 saturated heterocycles. The Bertz CT molecular complexity index is 316. The van der Waals surface area contributed by atoms with E-state index in [4.69, 9.17) is 0 Å². The SMILES string of the molecule is O=Cc1cc(F)ccc1C1CC1. The smallest absolute Gasteiger partial charge is 0.150 e. The van der Waals surface area contributed by atoms with Crippen LogP contribution in [0.5, 0.6) is 0 Å². The number of benzene rings is 1. The number of hydrogen-bond acceptors (Lipinski definition) is 1. The lowest BCUT2D eigenvalue weighted by Crippen LogP contribution is -1.91. The molecule has 2 heteroatoms. The van der Waals surface area contributed by atoms with Crippen molar-refractivity contribution in [3.05, 3.63) is 35.1 Å². The van der Waals surface area contributed by atoms with Gasteiger partial charge in [-0.2, -0.15) is 0 Å². The van der Waals surface area contributed by atoms with E-state index in [0.717, 1.165) is 24.7 Å². The number of rotatable bonds is 2. The maximum atomic E-state index is 12.7. The second kappa shape index (κ2) is 2.70. The van der Waals surface area contributed by atoms with E-state index >= 15 is 0 Å². The van der Waals surface area contributed by atoms with Crippen LogP contribution in [-0.4, -0.2) is 6.29 Å². The van der Waals surface area contributed by atoms with Crippen LogP contribution in [0, 0.1) is 5.82 Å². The van der Waals surface area contributed by atoms with Gasteiger partial charge in [-0.25, -0.2) is 4.39 Å². The highest BCUT2D eigenvalue weighted by atomic mass is 19.1. The van der Waals surface area contributed by atoms with E-state index < -0.39 is 0 Å². The first kappa shape index (κ1) is 7.47. The van der Waals surface area contributed by atoms with Crippen LogP contribution in [0.3, 0.4) is 0 Å². The standard InChI is InChI=1S/C10H9FO/c11-9-3-4-10(7-1-2-7)8(5-9)6-12/h3-7H,1-2H2. The highest BCUT2D eigenvalue weighted by Crippen LogP contribution is 2.41. The number of hydrogen-bond donors (Lipinski definition) is 0. The molecule has 1 aliphatic rings. The van der Waals surface area contributed by atoms with Crippen molar-refractivity contribution in [2.75, 3.05) is 0 Å². The Morgan fingerprint density at radius 2 is 2.17 bits per heavy atom. The van der Waals surface area contributed by atoms with Crippen LogP contribution < -0.4 is 0 Å². The Hall–Kier alpha value is -1.18. The molecule has 1 saturated carbocycles. The normalized spacial score (nSPS) is 16.1. The van der Waals surface area contributed by atoms with Gasteiger partial charge >= 0.3 is 0 Å². The molecule has 12 heavy (non-hydrogen) atoms. The molecule has 0 aromatic heterocycles. The molecule has 1 fully saturated rings. The van der Waals surface area contributed by atoms with Crippen molar-refractivity contribution >= 4 is 6.29 Å². The van der Waals surface area contributed by atoms with Crippen molar-refractivity contribution in [2.45, 2.75) is 18.8 Å². The van der Waals surface area contributed by atoms with Crippen LogP contribution in [0.15, 0.2) is 18.2 Å². The summed E-state index contributed by atoms with van der Waals surface area (Å²) in [4.78, 5) is 10.5. The first-order valence-corrected chi connectivity index (χ1v) is 4.06. The van der Waals surface area contributed by atoms with E-state index in [0.29, 0.717) is 11.5 Å². The fourth-order valence-electron chi connectivity index (χ4n) is 1.41. The molecular formula is C10H9FO. The second-order valence-corrected chi connectivity index (χ2v) is 3.17. The topological polar surface area (TPSA) is 17.1 Å². The van der Waals surface area contributed by atoms with Gasteiger partial charge in [0.2, 0.25) is 0 Å². The predicted molar refractivity (Wildman–Crippen MR) is 43.8 cm³/mol. The Kier molecular flexibility index (Phi) is 1.68. The lowest BCUT2D eigenvalue weighted by Gasteiger charge is -2.01. The fourth-order valence-corrected chi connectivity index (χ4v) is 1.41.